The number of aryl methyl sites for hydroxylation is 1. The maximum Gasteiger partial charge on any atom is 0.220 e. The van der Waals surface area contributed by atoms with Crippen LogP contribution in [0.5, 0.6) is 0 Å². The molecule has 0 aliphatic rings. The van der Waals surface area contributed by atoms with Crippen LogP contribution in [0.15, 0.2) is 48.7 Å². The maximum atomic E-state index is 11.8. The Kier molecular flexibility index (Phi) is 7.98. The molecule has 0 spiro atoms. The van der Waals surface area contributed by atoms with Crippen molar-refractivity contribution >= 4 is 29.3 Å². The van der Waals surface area contributed by atoms with Gasteiger partial charge in [-0.3, -0.25) is 9.78 Å². The number of thioether (sulfide) groups is 1. The highest BCUT2D eigenvalue weighted by Crippen LogP contribution is 2.10. The molecule has 0 saturated heterocycles. The van der Waals surface area contributed by atoms with Crippen molar-refractivity contribution in [2.45, 2.75) is 19.3 Å². The van der Waals surface area contributed by atoms with Crippen LogP contribution >= 0.6 is 23.4 Å². The smallest absolute Gasteiger partial charge is 0.220 e. The fraction of sp³-hybridized carbons (Fsp3) is 0.333. The molecule has 1 N–H and O–H groups in total. The molecule has 0 aliphatic carbocycles. The number of carbonyl (C=O) groups is 1. The highest BCUT2D eigenvalue weighted by atomic mass is 35.5. The Balaban J connectivity index is 1.51. The van der Waals surface area contributed by atoms with Gasteiger partial charge in [-0.2, -0.15) is 11.8 Å². The van der Waals surface area contributed by atoms with Gasteiger partial charge in [0.05, 0.1) is 0 Å². The van der Waals surface area contributed by atoms with E-state index in [9.17, 15) is 4.79 Å². The quantitative estimate of drug-likeness (QED) is 0.701. The summed E-state index contributed by atoms with van der Waals surface area (Å²) in [5.41, 5.74) is 2.28. The van der Waals surface area contributed by atoms with Crippen molar-refractivity contribution < 1.29 is 4.79 Å². The number of pyridine rings is 1. The first-order valence-electron chi connectivity index (χ1n) is 7.73. The Morgan fingerprint density at radius 1 is 1.09 bits per heavy atom. The van der Waals surface area contributed by atoms with E-state index in [2.05, 4.69) is 10.3 Å². The molecule has 1 amide bonds. The monoisotopic (exact) mass is 348 g/mol. The second kappa shape index (κ2) is 10.3. The third-order valence-corrected chi connectivity index (χ3v) is 4.59. The molecule has 122 valence electrons. The van der Waals surface area contributed by atoms with Gasteiger partial charge in [0.15, 0.2) is 0 Å². The fourth-order valence-corrected chi connectivity index (χ4v) is 3.09. The second-order valence-corrected chi connectivity index (χ2v) is 6.82. The molecule has 2 rings (SSSR count). The first-order valence-corrected chi connectivity index (χ1v) is 9.26. The molecule has 0 radical (unpaired) electrons. The maximum absolute atomic E-state index is 11.8. The van der Waals surface area contributed by atoms with E-state index in [-0.39, 0.29) is 5.91 Å². The number of nitrogens with zero attached hydrogens (tertiary/aromatic N) is 1. The Morgan fingerprint density at radius 3 is 2.65 bits per heavy atom. The fourth-order valence-electron chi connectivity index (χ4n) is 2.08. The molecule has 3 nitrogen and oxygen atoms in total. The van der Waals surface area contributed by atoms with E-state index in [1.807, 2.05) is 48.7 Å². The summed E-state index contributed by atoms with van der Waals surface area (Å²) in [6.45, 7) is 0.666. The Hall–Kier alpha value is -1.52. The molecule has 1 aromatic heterocycles. The Bertz CT molecular complexity index is 590. The summed E-state index contributed by atoms with van der Waals surface area (Å²) in [5, 5.41) is 3.69. The van der Waals surface area contributed by atoms with E-state index in [0.29, 0.717) is 13.0 Å². The second-order valence-electron chi connectivity index (χ2n) is 5.16. The van der Waals surface area contributed by atoms with Gasteiger partial charge in [0.1, 0.15) is 0 Å². The lowest BCUT2D eigenvalue weighted by molar-refractivity contribution is -0.120. The number of amides is 1. The molecule has 0 atom stereocenters. The van der Waals surface area contributed by atoms with Crippen LogP contribution in [0.4, 0.5) is 0 Å². The molecule has 5 heteroatoms. The number of aromatic nitrogens is 1. The zero-order chi connectivity index (χ0) is 16.3. The SMILES string of the molecule is O=C(CCSCCc1ccccn1)NCCc1ccc(Cl)cc1. The van der Waals surface area contributed by atoms with Crippen LogP contribution in [-0.4, -0.2) is 28.9 Å². The summed E-state index contributed by atoms with van der Waals surface area (Å²) in [6, 6.07) is 13.7. The summed E-state index contributed by atoms with van der Waals surface area (Å²) in [5.74, 6) is 1.96. The van der Waals surface area contributed by atoms with Crippen molar-refractivity contribution in [1.29, 1.82) is 0 Å². The van der Waals surface area contributed by atoms with Gasteiger partial charge in [0.25, 0.3) is 0 Å². The average Bonchev–Trinajstić information content (AvgIpc) is 2.57. The van der Waals surface area contributed by atoms with E-state index in [1.165, 1.54) is 5.56 Å². The number of hydrogen-bond donors (Lipinski definition) is 1. The predicted octanol–water partition coefficient (Wildman–Crippen LogP) is 3.76. The van der Waals surface area contributed by atoms with E-state index in [4.69, 9.17) is 11.6 Å². The predicted molar refractivity (Wildman–Crippen MR) is 98.0 cm³/mol. The van der Waals surface area contributed by atoms with Crippen molar-refractivity contribution in [1.82, 2.24) is 10.3 Å². The molecule has 0 saturated carbocycles. The molecule has 2 aromatic rings. The van der Waals surface area contributed by atoms with E-state index >= 15 is 0 Å². The van der Waals surface area contributed by atoms with Crippen molar-refractivity contribution in [2.75, 3.05) is 18.1 Å². The van der Waals surface area contributed by atoms with Crippen molar-refractivity contribution in [3.63, 3.8) is 0 Å². The lowest BCUT2D eigenvalue weighted by Gasteiger charge is -2.06. The van der Waals surface area contributed by atoms with Gasteiger partial charge in [-0.25, -0.2) is 0 Å². The summed E-state index contributed by atoms with van der Waals surface area (Å²) in [7, 11) is 0. The highest BCUT2D eigenvalue weighted by Gasteiger charge is 2.02. The van der Waals surface area contributed by atoms with Crippen molar-refractivity contribution in [2.24, 2.45) is 0 Å². The van der Waals surface area contributed by atoms with Gasteiger partial charge >= 0.3 is 0 Å². The topological polar surface area (TPSA) is 42.0 Å². The molecular formula is C18H21ClN2OS. The van der Waals surface area contributed by atoms with E-state index < -0.39 is 0 Å². The normalized spacial score (nSPS) is 10.5. The first-order chi connectivity index (χ1) is 11.2. The number of nitrogens with one attached hydrogen (secondary N) is 1. The third kappa shape index (κ3) is 7.53. The van der Waals surface area contributed by atoms with Crippen LogP contribution in [0, 0.1) is 0 Å². The standard InChI is InChI=1S/C18H21ClN2OS/c19-16-6-4-15(5-7-16)8-12-21-18(22)10-14-23-13-9-17-3-1-2-11-20-17/h1-7,11H,8-10,12-14H2,(H,21,22). The largest absolute Gasteiger partial charge is 0.356 e. The zero-order valence-corrected chi connectivity index (χ0v) is 14.6. The summed E-state index contributed by atoms with van der Waals surface area (Å²) < 4.78 is 0. The zero-order valence-electron chi connectivity index (χ0n) is 13.0. The number of hydrogen-bond acceptors (Lipinski definition) is 3. The van der Waals surface area contributed by atoms with Crippen LogP contribution < -0.4 is 5.32 Å². The van der Waals surface area contributed by atoms with Crippen LogP contribution in [-0.2, 0) is 17.6 Å². The van der Waals surface area contributed by atoms with E-state index in [1.54, 1.807) is 11.8 Å². The van der Waals surface area contributed by atoms with Crippen LogP contribution in [0.1, 0.15) is 17.7 Å². The minimum absolute atomic E-state index is 0.115. The average molecular weight is 349 g/mol. The number of benzene rings is 1. The van der Waals surface area contributed by atoms with Crippen molar-refractivity contribution in [3.8, 4) is 0 Å². The molecule has 1 aromatic carbocycles. The van der Waals surface area contributed by atoms with Gasteiger partial charge in [-0.05, 0) is 48.4 Å². The molecule has 23 heavy (non-hydrogen) atoms. The third-order valence-electron chi connectivity index (χ3n) is 3.35. The Labute approximate surface area is 146 Å². The minimum atomic E-state index is 0.115. The van der Waals surface area contributed by atoms with Crippen LogP contribution in [0.2, 0.25) is 5.02 Å². The van der Waals surface area contributed by atoms with Gasteiger partial charge in [0, 0.05) is 35.6 Å². The van der Waals surface area contributed by atoms with Gasteiger partial charge in [-0.15, -0.1) is 0 Å². The summed E-state index contributed by atoms with van der Waals surface area (Å²) in [4.78, 5) is 16.0. The number of halogens is 1. The molecule has 0 aliphatic heterocycles. The minimum Gasteiger partial charge on any atom is -0.356 e. The van der Waals surface area contributed by atoms with Crippen LogP contribution in [0.25, 0.3) is 0 Å². The van der Waals surface area contributed by atoms with Gasteiger partial charge < -0.3 is 5.32 Å². The summed E-state index contributed by atoms with van der Waals surface area (Å²) in [6.07, 6.45) is 4.15. The van der Waals surface area contributed by atoms with Crippen molar-refractivity contribution in [3.05, 3.63) is 64.9 Å². The van der Waals surface area contributed by atoms with E-state index in [0.717, 1.165) is 35.1 Å². The Morgan fingerprint density at radius 2 is 1.91 bits per heavy atom. The summed E-state index contributed by atoms with van der Waals surface area (Å²) >= 11 is 7.63. The molecule has 0 bridgehead atoms. The first kappa shape index (κ1) is 17.8. The van der Waals surface area contributed by atoms with Crippen LogP contribution in [0.3, 0.4) is 0 Å². The lowest BCUT2D eigenvalue weighted by Crippen LogP contribution is -2.25. The molecule has 0 fully saturated rings. The van der Waals surface area contributed by atoms with Gasteiger partial charge in [-0.1, -0.05) is 29.8 Å². The number of rotatable bonds is 9. The highest BCUT2D eigenvalue weighted by molar-refractivity contribution is 7.99. The van der Waals surface area contributed by atoms with Gasteiger partial charge in [0.2, 0.25) is 5.91 Å². The molecule has 1 heterocycles. The molecular weight excluding hydrogens is 328 g/mol. The number of carbonyl (C=O) groups excluding carboxylic acids is 1. The molecule has 0 unspecified atom stereocenters. The lowest BCUT2D eigenvalue weighted by atomic mass is 10.1.